The first-order chi connectivity index (χ1) is 17.1. The lowest BCUT2D eigenvalue weighted by molar-refractivity contribution is -0.116. The second-order valence-corrected chi connectivity index (χ2v) is 9.70. The highest BCUT2D eigenvalue weighted by atomic mass is 32.1. The van der Waals surface area contributed by atoms with Crippen LogP contribution in [0.1, 0.15) is 35.2 Å². The first kappa shape index (κ1) is 21.7. The summed E-state index contributed by atoms with van der Waals surface area (Å²) in [6, 6.07) is 15.9. The molecule has 1 aliphatic heterocycles. The molecule has 0 fully saturated rings. The Hall–Kier alpha value is -3.78. The predicted molar refractivity (Wildman–Crippen MR) is 136 cm³/mol. The van der Waals surface area contributed by atoms with Crippen molar-refractivity contribution in [3.63, 3.8) is 0 Å². The Kier molecular flexibility index (Phi) is 5.25. The van der Waals surface area contributed by atoms with Gasteiger partial charge in [-0.15, -0.1) is 11.3 Å². The van der Waals surface area contributed by atoms with Crippen molar-refractivity contribution in [2.24, 2.45) is 0 Å². The fourth-order valence-electron chi connectivity index (χ4n) is 5.31. The second-order valence-electron chi connectivity index (χ2n) is 8.72. The normalized spacial score (nSPS) is 19.2. The number of aromatic nitrogens is 2. The lowest BCUT2D eigenvalue weighted by atomic mass is 9.78. The Balaban J connectivity index is 1.46. The molecule has 8 heteroatoms. The van der Waals surface area contributed by atoms with Crippen LogP contribution in [0.5, 0.6) is 17.2 Å². The van der Waals surface area contributed by atoms with Gasteiger partial charge in [0.15, 0.2) is 17.3 Å². The molecule has 0 spiro atoms. The molecule has 178 valence electrons. The van der Waals surface area contributed by atoms with E-state index in [0.717, 1.165) is 38.7 Å². The first-order valence-corrected chi connectivity index (χ1v) is 12.3. The number of benzene rings is 2. The standard InChI is InChI=1S/C27H25N3O4S/c1-32-21-13-16(14-22(33-2)26(21)34-3)15-11-18-24(20(31)12-15)25(23-9-6-10-35-23)30-19-8-5-4-7-17(19)28-27(30)29-18/h4-10,13-15,25H,11-12H2,1-3H3,(H,28,29). The van der Waals surface area contributed by atoms with Crippen LogP contribution >= 0.6 is 11.3 Å². The van der Waals surface area contributed by atoms with Crippen molar-refractivity contribution in [3.05, 3.63) is 75.6 Å². The molecule has 2 atom stereocenters. The molecule has 2 aromatic heterocycles. The van der Waals surface area contributed by atoms with E-state index in [1.807, 2.05) is 36.4 Å². The number of imidazole rings is 1. The van der Waals surface area contributed by atoms with Crippen LogP contribution in [-0.4, -0.2) is 36.7 Å². The minimum atomic E-state index is -0.193. The van der Waals surface area contributed by atoms with Crippen LogP contribution in [0.2, 0.25) is 0 Å². The van der Waals surface area contributed by atoms with E-state index in [2.05, 4.69) is 27.4 Å². The van der Waals surface area contributed by atoms with E-state index in [-0.39, 0.29) is 17.7 Å². The number of allylic oxidation sites excluding steroid dienone is 2. The number of carbonyl (C=O) groups is 1. The Bertz CT molecular complexity index is 1450. The average molecular weight is 488 g/mol. The van der Waals surface area contributed by atoms with Crippen LogP contribution in [0, 0.1) is 0 Å². The van der Waals surface area contributed by atoms with E-state index in [1.165, 1.54) is 0 Å². The highest BCUT2D eigenvalue weighted by Crippen LogP contribution is 2.48. The topological polar surface area (TPSA) is 74.6 Å². The summed E-state index contributed by atoms with van der Waals surface area (Å²) in [7, 11) is 4.79. The van der Waals surface area contributed by atoms with Gasteiger partial charge >= 0.3 is 0 Å². The minimum absolute atomic E-state index is 0.0256. The number of para-hydroxylation sites is 2. The van der Waals surface area contributed by atoms with Crippen molar-refractivity contribution < 1.29 is 19.0 Å². The van der Waals surface area contributed by atoms with Crippen LogP contribution in [0.15, 0.2) is 65.2 Å². The third-order valence-corrected chi connectivity index (χ3v) is 7.79. The van der Waals surface area contributed by atoms with Gasteiger partial charge in [0.05, 0.1) is 32.4 Å². The van der Waals surface area contributed by atoms with Crippen molar-refractivity contribution in [3.8, 4) is 17.2 Å². The number of hydrogen-bond donors (Lipinski definition) is 1. The van der Waals surface area contributed by atoms with Crippen LogP contribution in [0.25, 0.3) is 11.0 Å². The third kappa shape index (κ3) is 3.39. The molecule has 0 amide bonds. The number of anilines is 1. The van der Waals surface area contributed by atoms with Crippen molar-refractivity contribution in [1.29, 1.82) is 0 Å². The lowest BCUT2D eigenvalue weighted by Gasteiger charge is -2.36. The minimum Gasteiger partial charge on any atom is -0.493 e. The fourth-order valence-corrected chi connectivity index (χ4v) is 6.14. The molecular weight excluding hydrogens is 462 g/mol. The van der Waals surface area contributed by atoms with E-state index in [0.29, 0.717) is 30.1 Å². The number of ether oxygens (including phenoxy) is 3. The number of hydrogen-bond acceptors (Lipinski definition) is 7. The van der Waals surface area contributed by atoms with Crippen molar-refractivity contribution >= 4 is 34.1 Å². The van der Waals surface area contributed by atoms with E-state index in [4.69, 9.17) is 19.2 Å². The monoisotopic (exact) mass is 487 g/mol. The van der Waals surface area contributed by atoms with Gasteiger partial charge in [0, 0.05) is 22.6 Å². The number of Topliss-reactive ketones (excluding diaryl/α,β-unsaturated/α-hetero) is 1. The molecule has 1 N–H and O–H groups in total. The number of fused-ring (bicyclic) bond motifs is 3. The summed E-state index contributed by atoms with van der Waals surface area (Å²) in [4.78, 5) is 19.8. The quantitative estimate of drug-likeness (QED) is 0.398. The highest BCUT2D eigenvalue weighted by molar-refractivity contribution is 7.10. The molecule has 0 saturated heterocycles. The Morgan fingerprint density at radius 2 is 1.77 bits per heavy atom. The van der Waals surface area contributed by atoms with E-state index < -0.39 is 0 Å². The first-order valence-electron chi connectivity index (χ1n) is 11.5. The molecule has 6 rings (SSSR count). The zero-order valence-corrected chi connectivity index (χ0v) is 20.5. The molecule has 35 heavy (non-hydrogen) atoms. The van der Waals surface area contributed by atoms with E-state index in [9.17, 15) is 4.79 Å². The Labute approximate surface area is 207 Å². The van der Waals surface area contributed by atoms with Gasteiger partial charge in [-0.3, -0.25) is 9.36 Å². The smallest absolute Gasteiger partial charge is 0.209 e. The Morgan fingerprint density at radius 1 is 1.00 bits per heavy atom. The van der Waals surface area contributed by atoms with Crippen LogP contribution in [0.4, 0.5) is 5.95 Å². The van der Waals surface area contributed by atoms with Gasteiger partial charge in [-0.2, -0.15) is 0 Å². The highest BCUT2D eigenvalue weighted by Gasteiger charge is 2.40. The Morgan fingerprint density at radius 3 is 2.46 bits per heavy atom. The largest absolute Gasteiger partial charge is 0.493 e. The fraction of sp³-hybridized carbons (Fsp3) is 0.259. The van der Waals surface area contributed by atoms with Gasteiger partial charge in [0.25, 0.3) is 0 Å². The van der Waals surface area contributed by atoms with Gasteiger partial charge in [0.2, 0.25) is 11.7 Å². The summed E-state index contributed by atoms with van der Waals surface area (Å²) >= 11 is 1.66. The predicted octanol–water partition coefficient (Wildman–Crippen LogP) is 5.54. The molecule has 7 nitrogen and oxygen atoms in total. The van der Waals surface area contributed by atoms with Crippen LogP contribution in [-0.2, 0) is 4.79 Å². The number of thiophene rings is 1. The third-order valence-electron chi connectivity index (χ3n) is 6.87. The van der Waals surface area contributed by atoms with Crippen molar-refractivity contribution in [2.45, 2.75) is 24.8 Å². The van der Waals surface area contributed by atoms with Crippen LogP contribution < -0.4 is 19.5 Å². The molecule has 0 saturated carbocycles. The maximum absolute atomic E-state index is 13.8. The summed E-state index contributed by atoms with van der Waals surface area (Å²) < 4.78 is 18.8. The van der Waals surface area contributed by atoms with Gasteiger partial charge < -0.3 is 19.5 Å². The summed E-state index contributed by atoms with van der Waals surface area (Å²) in [5, 5.41) is 5.58. The molecule has 2 aliphatic rings. The number of carbonyl (C=O) groups excluding carboxylic acids is 1. The van der Waals surface area contributed by atoms with E-state index >= 15 is 0 Å². The van der Waals surface area contributed by atoms with Gasteiger partial charge in [-0.25, -0.2) is 4.98 Å². The molecule has 1 aliphatic carbocycles. The SMILES string of the molecule is COc1cc(C2CC(=O)C3=C(C2)Nc2nc4ccccc4n2C3c2cccs2)cc(OC)c1OC. The maximum Gasteiger partial charge on any atom is 0.209 e. The maximum atomic E-state index is 13.8. The molecular formula is C27H25N3O4S. The van der Waals surface area contributed by atoms with E-state index in [1.54, 1.807) is 32.7 Å². The zero-order chi connectivity index (χ0) is 24.1. The average Bonchev–Trinajstić information content (AvgIpc) is 3.54. The molecule has 0 radical (unpaired) electrons. The van der Waals surface area contributed by atoms with Gasteiger partial charge in [-0.1, -0.05) is 18.2 Å². The molecule has 3 heterocycles. The number of nitrogens with one attached hydrogen (secondary N) is 1. The molecule has 4 aromatic rings. The number of rotatable bonds is 5. The summed E-state index contributed by atoms with van der Waals surface area (Å²) in [5.41, 5.74) is 4.66. The summed E-state index contributed by atoms with van der Waals surface area (Å²) in [6.07, 6.45) is 1.09. The summed E-state index contributed by atoms with van der Waals surface area (Å²) in [6.45, 7) is 0. The van der Waals surface area contributed by atoms with Gasteiger partial charge in [0.1, 0.15) is 6.04 Å². The summed E-state index contributed by atoms with van der Waals surface area (Å²) in [5.74, 6) is 2.60. The molecule has 0 bridgehead atoms. The number of nitrogens with zero attached hydrogens (tertiary/aromatic N) is 2. The molecule has 2 unspecified atom stereocenters. The van der Waals surface area contributed by atoms with Gasteiger partial charge in [-0.05, 0) is 53.6 Å². The number of ketones is 1. The molecule has 2 aromatic carbocycles. The van der Waals surface area contributed by atoms with Crippen molar-refractivity contribution in [1.82, 2.24) is 9.55 Å². The van der Waals surface area contributed by atoms with Crippen molar-refractivity contribution in [2.75, 3.05) is 26.6 Å². The van der Waals surface area contributed by atoms with Crippen LogP contribution in [0.3, 0.4) is 0 Å². The lowest BCUT2D eigenvalue weighted by Crippen LogP contribution is -2.32. The second kappa shape index (κ2) is 8.46. The number of methoxy groups -OCH3 is 3. The zero-order valence-electron chi connectivity index (χ0n) is 19.7.